The van der Waals surface area contributed by atoms with E-state index in [1.165, 1.54) is 23.2 Å². The maximum absolute atomic E-state index is 13.1. The number of fused-ring (bicyclic) bond motifs is 1. The molecule has 1 amide bonds. The minimum Gasteiger partial charge on any atom is -0.339 e. The Bertz CT molecular complexity index is 1500. The molecule has 1 aliphatic rings. The Morgan fingerprint density at radius 2 is 1.94 bits per heavy atom. The highest BCUT2D eigenvalue weighted by Crippen LogP contribution is 2.33. The summed E-state index contributed by atoms with van der Waals surface area (Å²) in [6.07, 6.45) is -2.95. The maximum Gasteiger partial charge on any atom is 0.416 e. The van der Waals surface area contributed by atoms with Crippen molar-refractivity contribution in [2.75, 3.05) is 13.1 Å². The molecule has 0 saturated carbocycles. The number of amides is 1. The van der Waals surface area contributed by atoms with Crippen LogP contribution in [0.3, 0.4) is 0 Å². The lowest BCUT2D eigenvalue weighted by molar-refractivity contribution is -0.137. The summed E-state index contributed by atoms with van der Waals surface area (Å²) in [4.78, 5) is 36.2. The predicted molar refractivity (Wildman–Crippen MR) is 120 cm³/mol. The van der Waals surface area contributed by atoms with Gasteiger partial charge in [-0.05, 0) is 38.1 Å². The fraction of sp³-hybridized carbons (Fsp3) is 0.292. The lowest BCUT2D eigenvalue weighted by Crippen LogP contribution is -2.49. The Labute approximate surface area is 197 Å². The van der Waals surface area contributed by atoms with Crippen LogP contribution in [0.5, 0.6) is 0 Å². The quantitative estimate of drug-likeness (QED) is 0.435. The van der Waals surface area contributed by atoms with Gasteiger partial charge in [-0.25, -0.2) is 4.98 Å². The average Bonchev–Trinajstić information content (AvgIpc) is 3.27. The first kappa shape index (κ1) is 22.8. The molecule has 1 fully saturated rings. The number of hydrogen-bond acceptors (Lipinski definition) is 6. The van der Waals surface area contributed by atoms with E-state index < -0.39 is 17.6 Å². The molecular formula is C24H20F3N5O3. The first-order valence-corrected chi connectivity index (χ1v) is 11.0. The second-order valence-electron chi connectivity index (χ2n) is 8.42. The molecule has 4 aromatic rings. The van der Waals surface area contributed by atoms with Gasteiger partial charge in [0, 0.05) is 37.1 Å². The van der Waals surface area contributed by atoms with Gasteiger partial charge < -0.3 is 14.0 Å². The lowest BCUT2D eigenvalue weighted by Gasteiger charge is -2.37. The third kappa shape index (κ3) is 4.07. The first-order valence-electron chi connectivity index (χ1n) is 11.0. The van der Waals surface area contributed by atoms with Gasteiger partial charge in [0.1, 0.15) is 11.2 Å². The summed E-state index contributed by atoms with van der Waals surface area (Å²) >= 11 is 0. The highest BCUT2D eigenvalue weighted by atomic mass is 19.4. The van der Waals surface area contributed by atoms with Crippen molar-refractivity contribution in [3.05, 3.63) is 75.5 Å². The van der Waals surface area contributed by atoms with Crippen molar-refractivity contribution in [3.8, 4) is 11.4 Å². The number of pyridine rings is 2. The topological polar surface area (TPSA) is 94.1 Å². The molecule has 35 heavy (non-hydrogen) atoms. The van der Waals surface area contributed by atoms with Gasteiger partial charge in [-0.2, -0.15) is 18.2 Å². The Kier molecular flexibility index (Phi) is 5.42. The van der Waals surface area contributed by atoms with Gasteiger partial charge in [-0.1, -0.05) is 17.3 Å². The zero-order valence-corrected chi connectivity index (χ0v) is 18.8. The van der Waals surface area contributed by atoms with E-state index in [1.807, 2.05) is 13.8 Å². The van der Waals surface area contributed by atoms with Crippen LogP contribution in [-0.4, -0.2) is 43.6 Å². The molecule has 8 nitrogen and oxygen atoms in total. The fourth-order valence-electron chi connectivity index (χ4n) is 4.08. The summed E-state index contributed by atoms with van der Waals surface area (Å²) in [7, 11) is 0. The van der Waals surface area contributed by atoms with E-state index in [0.717, 1.165) is 17.8 Å². The molecule has 1 saturated heterocycles. The van der Waals surface area contributed by atoms with Crippen LogP contribution in [0.1, 0.15) is 40.3 Å². The summed E-state index contributed by atoms with van der Waals surface area (Å²) in [6.45, 7) is 4.77. The van der Waals surface area contributed by atoms with Crippen LogP contribution in [0.4, 0.5) is 13.2 Å². The van der Waals surface area contributed by atoms with Crippen LogP contribution < -0.4 is 5.43 Å². The third-order valence-corrected chi connectivity index (χ3v) is 6.04. The molecule has 180 valence electrons. The van der Waals surface area contributed by atoms with E-state index in [9.17, 15) is 22.8 Å². The second kappa shape index (κ2) is 8.33. The largest absolute Gasteiger partial charge is 0.416 e. The van der Waals surface area contributed by atoms with Crippen molar-refractivity contribution in [2.24, 2.45) is 0 Å². The number of nitrogens with zero attached hydrogens (tertiary/aromatic N) is 5. The van der Waals surface area contributed by atoms with Crippen LogP contribution in [0.15, 0.2) is 51.9 Å². The van der Waals surface area contributed by atoms with E-state index in [-0.39, 0.29) is 47.3 Å². The van der Waals surface area contributed by atoms with Gasteiger partial charge in [0.2, 0.25) is 17.1 Å². The minimum absolute atomic E-state index is 0.0408. The van der Waals surface area contributed by atoms with Crippen molar-refractivity contribution in [2.45, 2.75) is 32.5 Å². The smallest absolute Gasteiger partial charge is 0.339 e. The maximum atomic E-state index is 13.1. The van der Waals surface area contributed by atoms with E-state index >= 15 is 0 Å². The molecule has 0 spiro atoms. The molecule has 0 atom stereocenters. The Morgan fingerprint density at radius 3 is 2.66 bits per heavy atom. The number of alkyl halides is 3. The van der Waals surface area contributed by atoms with Crippen LogP contribution in [0.25, 0.3) is 22.4 Å². The van der Waals surface area contributed by atoms with Crippen molar-refractivity contribution in [3.63, 3.8) is 0 Å². The van der Waals surface area contributed by atoms with Gasteiger partial charge in [-0.15, -0.1) is 0 Å². The van der Waals surface area contributed by atoms with Crippen LogP contribution in [0, 0.1) is 6.92 Å². The summed E-state index contributed by atoms with van der Waals surface area (Å²) < 4.78 is 46.0. The molecule has 0 unspecified atom stereocenters. The normalized spacial score (nSPS) is 14.4. The zero-order chi connectivity index (χ0) is 24.9. The Hall–Kier alpha value is -4.02. The van der Waals surface area contributed by atoms with E-state index in [4.69, 9.17) is 4.52 Å². The number of hydrogen-bond donors (Lipinski definition) is 0. The number of aryl methyl sites for hydroxylation is 2. The van der Waals surface area contributed by atoms with Gasteiger partial charge in [0.15, 0.2) is 0 Å². The number of benzene rings is 1. The van der Waals surface area contributed by atoms with Gasteiger partial charge in [-0.3, -0.25) is 9.59 Å². The van der Waals surface area contributed by atoms with E-state index in [2.05, 4.69) is 15.1 Å². The fourth-order valence-corrected chi connectivity index (χ4v) is 4.08. The molecule has 11 heteroatoms. The van der Waals surface area contributed by atoms with Gasteiger partial charge >= 0.3 is 6.18 Å². The molecule has 0 radical (unpaired) electrons. The van der Waals surface area contributed by atoms with Crippen molar-refractivity contribution in [1.82, 2.24) is 24.6 Å². The standard InChI is InChI=1S/C24H20F3N5O3/c1-3-31-12-18(19(33)17-8-7-13(2)28-21(17)31)23(34)32-10-15(11-32)22-29-20(30-35-22)14-5-4-6-16(9-14)24(25,26)27/h4-9,12,15H,3,10-11H2,1-2H3. The minimum atomic E-state index is -4.48. The predicted octanol–water partition coefficient (Wildman–Crippen LogP) is 4.03. The van der Waals surface area contributed by atoms with Crippen molar-refractivity contribution in [1.29, 1.82) is 0 Å². The zero-order valence-electron chi connectivity index (χ0n) is 18.8. The summed E-state index contributed by atoms with van der Waals surface area (Å²) in [5, 5.41) is 4.18. The van der Waals surface area contributed by atoms with Crippen molar-refractivity contribution >= 4 is 16.9 Å². The molecule has 0 N–H and O–H groups in total. The molecule has 1 aromatic carbocycles. The monoisotopic (exact) mass is 483 g/mol. The molecule has 1 aliphatic heterocycles. The van der Waals surface area contributed by atoms with Crippen LogP contribution >= 0.6 is 0 Å². The second-order valence-corrected chi connectivity index (χ2v) is 8.42. The lowest BCUT2D eigenvalue weighted by atomic mass is 9.98. The number of likely N-dealkylation sites (tertiary alicyclic amines) is 1. The van der Waals surface area contributed by atoms with E-state index in [1.54, 1.807) is 16.7 Å². The molecule has 5 rings (SSSR count). The molecule has 4 heterocycles. The van der Waals surface area contributed by atoms with Gasteiger partial charge in [0.25, 0.3) is 5.91 Å². The number of carbonyl (C=O) groups is 1. The number of aromatic nitrogens is 4. The number of halogens is 3. The Morgan fingerprint density at radius 1 is 1.17 bits per heavy atom. The average molecular weight is 483 g/mol. The molecular weight excluding hydrogens is 463 g/mol. The molecule has 3 aromatic heterocycles. The highest BCUT2D eigenvalue weighted by Gasteiger charge is 2.37. The number of carbonyl (C=O) groups excluding carboxylic acids is 1. The summed E-state index contributed by atoms with van der Waals surface area (Å²) in [6, 6.07) is 8.08. The SMILES string of the molecule is CCn1cc(C(=O)N2CC(c3nc(-c4cccc(C(F)(F)F)c4)no3)C2)c(=O)c2ccc(C)nc21. The number of rotatable bonds is 4. The highest BCUT2D eigenvalue weighted by molar-refractivity contribution is 5.97. The summed E-state index contributed by atoms with van der Waals surface area (Å²) in [5.41, 5.74) is 0.354. The first-order chi connectivity index (χ1) is 16.7. The Balaban J connectivity index is 1.34. The van der Waals surface area contributed by atoms with Crippen LogP contribution in [-0.2, 0) is 12.7 Å². The third-order valence-electron chi connectivity index (χ3n) is 6.04. The van der Waals surface area contributed by atoms with E-state index in [0.29, 0.717) is 17.6 Å². The molecule has 0 aliphatic carbocycles. The van der Waals surface area contributed by atoms with Crippen LogP contribution in [0.2, 0.25) is 0 Å². The summed E-state index contributed by atoms with van der Waals surface area (Å²) in [5.74, 6) is -0.414. The van der Waals surface area contributed by atoms with Crippen molar-refractivity contribution < 1.29 is 22.5 Å². The molecule has 0 bridgehead atoms. The van der Waals surface area contributed by atoms with Gasteiger partial charge in [0.05, 0.1) is 16.9 Å².